The summed E-state index contributed by atoms with van der Waals surface area (Å²) in [5, 5.41) is 5.22. The quantitative estimate of drug-likeness (QED) is 0.779. The van der Waals surface area contributed by atoms with Crippen LogP contribution < -0.4 is 5.32 Å². The van der Waals surface area contributed by atoms with E-state index in [4.69, 9.17) is 0 Å². The van der Waals surface area contributed by atoms with Crippen LogP contribution in [-0.4, -0.2) is 33.8 Å². The Morgan fingerprint density at radius 3 is 2.50 bits per heavy atom. The highest BCUT2D eigenvalue weighted by molar-refractivity contribution is 7.13. The SMILES string of the molecule is CCCCCC(=O)N(CC(=O)Nc1nc(C)cs1)C(C)(C)C. The average Bonchev–Trinajstić information content (AvgIpc) is 2.80. The standard InChI is InChI=1S/C16H27N3O2S/c1-6-7-8-9-14(21)19(16(3,4)5)10-13(20)18-15-17-12(2)11-22-15/h11H,6-10H2,1-5H3,(H,17,18,20). The second kappa shape index (κ2) is 8.27. The lowest BCUT2D eigenvalue weighted by Gasteiger charge is -2.35. The fourth-order valence-electron chi connectivity index (χ4n) is 2.07. The molecule has 0 fully saturated rings. The summed E-state index contributed by atoms with van der Waals surface area (Å²) in [6, 6.07) is 0. The number of unbranched alkanes of at least 4 members (excludes halogenated alkanes) is 2. The third-order valence-electron chi connectivity index (χ3n) is 3.27. The minimum Gasteiger partial charge on any atom is -0.329 e. The Kier molecular flexibility index (Phi) is 7.00. The molecule has 0 saturated carbocycles. The maximum atomic E-state index is 12.4. The van der Waals surface area contributed by atoms with E-state index in [1.54, 1.807) is 4.90 Å². The van der Waals surface area contributed by atoms with Gasteiger partial charge in [-0.15, -0.1) is 11.3 Å². The van der Waals surface area contributed by atoms with Gasteiger partial charge in [0.25, 0.3) is 0 Å². The minimum absolute atomic E-state index is 0.0337. The van der Waals surface area contributed by atoms with E-state index < -0.39 is 0 Å². The summed E-state index contributed by atoms with van der Waals surface area (Å²) < 4.78 is 0. The molecule has 0 aliphatic carbocycles. The molecule has 1 heterocycles. The maximum Gasteiger partial charge on any atom is 0.245 e. The van der Waals surface area contributed by atoms with Crippen molar-refractivity contribution in [3.05, 3.63) is 11.1 Å². The first-order valence-electron chi connectivity index (χ1n) is 7.76. The fourth-order valence-corrected chi connectivity index (χ4v) is 2.78. The fraction of sp³-hybridized carbons (Fsp3) is 0.688. The highest BCUT2D eigenvalue weighted by Crippen LogP contribution is 2.18. The van der Waals surface area contributed by atoms with Crippen LogP contribution in [0.25, 0.3) is 0 Å². The molecule has 0 bridgehead atoms. The molecule has 2 amide bonds. The number of carbonyl (C=O) groups is 2. The summed E-state index contributed by atoms with van der Waals surface area (Å²) >= 11 is 1.39. The molecule has 0 aliphatic rings. The molecule has 0 aromatic carbocycles. The van der Waals surface area contributed by atoms with E-state index in [2.05, 4.69) is 17.2 Å². The third-order valence-corrected chi connectivity index (χ3v) is 4.15. The summed E-state index contributed by atoms with van der Waals surface area (Å²) in [4.78, 5) is 30.4. The highest BCUT2D eigenvalue weighted by Gasteiger charge is 2.28. The van der Waals surface area contributed by atoms with Crippen LogP contribution in [-0.2, 0) is 9.59 Å². The zero-order valence-corrected chi connectivity index (χ0v) is 15.0. The van der Waals surface area contributed by atoms with Crippen LogP contribution in [0.1, 0.15) is 59.1 Å². The zero-order chi connectivity index (χ0) is 16.8. The summed E-state index contributed by atoms with van der Waals surface area (Å²) in [5.41, 5.74) is 0.503. The number of rotatable bonds is 7. The van der Waals surface area contributed by atoms with E-state index in [-0.39, 0.29) is 23.9 Å². The Balaban J connectivity index is 2.64. The first-order chi connectivity index (χ1) is 10.2. The van der Waals surface area contributed by atoms with Crippen LogP contribution in [0.3, 0.4) is 0 Å². The van der Waals surface area contributed by atoms with Crippen LogP contribution >= 0.6 is 11.3 Å². The molecule has 124 valence electrons. The van der Waals surface area contributed by atoms with Crippen molar-refractivity contribution < 1.29 is 9.59 Å². The molecule has 0 spiro atoms. The van der Waals surface area contributed by atoms with E-state index in [9.17, 15) is 9.59 Å². The Morgan fingerprint density at radius 2 is 2.00 bits per heavy atom. The number of aryl methyl sites for hydroxylation is 1. The molecule has 1 N–H and O–H groups in total. The smallest absolute Gasteiger partial charge is 0.245 e. The van der Waals surface area contributed by atoms with Crippen molar-refractivity contribution in [3.63, 3.8) is 0 Å². The highest BCUT2D eigenvalue weighted by atomic mass is 32.1. The van der Waals surface area contributed by atoms with E-state index in [0.717, 1.165) is 25.0 Å². The van der Waals surface area contributed by atoms with Crippen molar-refractivity contribution in [1.29, 1.82) is 0 Å². The lowest BCUT2D eigenvalue weighted by atomic mass is 10.0. The Hall–Kier alpha value is -1.43. The number of thiazole rings is 1. The number of hydrogen-bond donors (Lipinski definition) is 1. The second-order valence-electron chi connectivity index (χ2n) is 6.45. The van der Waals surface area contributed by atoms with Gasteiger partial charge in [0.15, 0.2) is 5.13 Å². The molecule has 1 aromatic rings. The van der Waals surface area contributed by atoms with Gasteiger partial charge < -0.3 is 10.2 Å². The van der Waals surface area contributed by atoms with Gasteiger partial charge in [0, 0.05) is 17.3 Å². The molecule has 0 unspecified atom stereocenters. The summed E-state index contributed by atoms with van der Waals surface area (Å²) in [6.07, 6.45) is 3.48. The second-order valence-corrected chi connectivity index (χ2v) is 7.31. The van der Waals surface area contributed by atoms with E-state index >= 15 is 0 Å². The number of amides is 2. The molecule has 0 aliphatic heterocycles. The van der Waals surface area contributed by atoms with Crippen LogP contribution in [0.5, 0.6) is 0 Å². The first kappa shape index (κ1) is 18.6. The summed E-state index contributed by atoms with van der Waals surface area (Å²) in [5.74, 6) is -0.167. The molecule has 1 rings (SSSR count). The van der Waals surface area contributed by atoms with Gasteiger partial charge in [0.1, 0.15) is 6.54 Å². The Bertz CT molecular complexity index is 506. The normalized spacial score (nSPS) is 11.3. The lowest BCUT2D eigenvalue weighted by molar-refractivity contribution is -0.139. The third kappa shape index (κ3) is 6.13. The van der Waals surface area contributed by atoms with Crippen molar-refractivity contribution in [2.24, 2.45) is 0 Å². The van der Waals surface area contributed by atoms with Gasteiger partial charge >= 0.3 is 0 Å². The summed E-state index contributed by atoms with van der Waals surface area (Å²) in [6.45, 7) is 9.90. The van der Waals surface area contributed by atoms with Crippen LogP contribution in [0.4, 0.5) is 5.13 Å². The Morgan fingerprint density at radius 1 is 1.32 bits per heavy atom. The molecule has 22 heavy (non-hydrogen) atoms. The minimum atomic E-state index is -0.376. The molecule has 0 saturated heterocycles. The Labute approximate surface area is 137 Å². The van der Waals surface area contributed by atoms with Gasteiger partial charge in [-0.1, -0.05) is 19.8 Å². The van der Waals surface area contributed by atoms with E-state index in [0.29, 0.717) is 11.6 Å². The molecule has 5 nitrogen and oxygen atoms in total. The van der Waals surface area contributed by atoms with Gasteiger partial charge in [0.05, 0.1) is 5.69 Å². The topological polar surface area (TPSA) is 62.3 Å². The van der Waals surface area contributed by atoms with Gasteiger partial charge in [-0.05, 0) is 34.1 Å². The number of nitrogens with one attached hydrogen (secondary N) is 1. The monoisotopic (exact) mass is 325 g/mol. The van der Waals surface area contributed by atoms with E-state index in [1.165, 1.54) is 11.3 Å². The summed E-state index contributed by atoms with van der Waals surface area (Å²) in [7, 11) is 0. The van der Waals surface area contributed by atoms with Gasteiger partial charge in [-0.3, -0.25) is 9.59 Å². The van der Waals surface area contributed by atoms with E-state index in [1.807, 2.05) is 33.1 Å². The van der Waals surface area contributed by atoms with Gasteiger partial charge in [-0.2, -0.15) is 0 Å². The molecule has 1 aromatic heterocycles. The molecular formula is C16H27N3O2S. The lowest BCUT2D eigenvalue weighted by Crippen LogP contribution is -2.49. The molecular weight excluding hydrogens is 298 g/mol. The number of anilines is 1. The number of aromatic nitrogens is 1. The average molecular weight is 325 g/mol. The number of carbonyl (C=O) groups excluding carboxylic acids is 2. The number of nitrogens with zero attached hydrogens (tertiary/aromatic N) is 2. The van der Waals surface area contributed by atoms with Crippen LogP contribution in [0.15, 0.2) is 5.38 Å². The van der Waals surface area contributed by atoms with Crippen molar-refractivity contribution >= 4 is 28.3 Å². The predicted molar refractivity (Wildman–Crippen MR) is 91.1 cm³/mol. The van der Waals surface area contributed by atoms with Crippen molar-refractivity contribution in [3.8, 4) is 0 Å². The first-order valence-corrected chi connectivity index (χ1v) is 8.64. The largest absolute Gasteiger partial charge is 0.329 e. The molecule has 0 radical (unpaired) electrons. The molecule has 6 heteroatoms. The number of hydrogen-bond acceptors (Lipinski definition) is 4. The van der Waals surface area contributed by atoms with Crippen molar-refractivity contribution in [2.45, 2.75) is 65.8 Å². The van der Waals surface area contributed by atoms with Crippen LogP contribution in [0.2, 0.25) is 0 Å². The maximum absolute atomic E-state index is 12.4. The predicted octanol–water partition coefficient (Wildman–Crippen LogP) is 3.60. The van der Waals surface area contributed by atoms with Crippen molar-refractivity contribution in [1.82, 2.24) is 9.88 Å². The van der Waals surface area contributed by atoms with Crippen LogP contribution in [0, 0.1) is 6.92 Å². The van der Waals surface area contributed by atoms with Gasteiger partial charge in [0.2, 0.25) is 11.8 Å². The molecule has 0 atom stereocenters. The van der Waals surface area contributed by atoms with Crippen molar-refractivity contribution in [2.75, 3.05) is 11.9 Å². The zero-order valence-electron chi connectivity index (χ0n) is 14.2. The van der Waals surface area contributed by atoms with Gasteiger partial charge in [-0.25, -0.2) is 4.98 Å².